The maximum absolute atomic E-state index is 12.4. The van der Waals surface area contributed by atoms with Crippen molar-refractivity contribution >= 4 is 39.2 Å². The molecule has 3 amide bonds. The quantitative estimate of drug-likeness (QED) is 0.582. The van der Waals surface area contributed by atoms with E-state index in [4.69, 9.17) is 22.2 Å². The first kappa shape index (κ1) is 21.6. The lowest BCUT2D eigenvalue weighted by Crippen LogP contribution is -2.27. The highest BCUT2D eigenvalue weighted by atomic mass is 35.5. The van der Waals surface area contributed by atoms with Crippen molar-refractivity contribution in [3.8, 4) is 0 Å². The number of hydrogen-bond donors (Lipinski definition) is 3. The summed E-state index contributed by atoms with van der Waals surface area (Å²) in [6.07, 6.45) is 0. The number of halogens is 1. The molecule has 0 aliphatic carbocycles. The molecular formula is C17H19ClN4O5S. The van der Waals surface area contributed by atoms with Crippen molar-refractivity contribution in [2.24, 2.45) is 5.73 Å². The Labute approximate surface area is 167 Å². The number of anilines is 1. The van der Waals surface area contributed by atoms with Crippen LogP contribution >= 0.6 is 11.6 Å². The van der Waals surface area contributed by atoms with Crippen LogP contribution in [-0.4, -0.2) is 39.0 Å². The molecule has 0 atom stereocenters. The fraction of sp³-hybridized carbons (Fsp3) is 0.176. The van der Waals surface area contributed by atoms with Crippen molar-refractivity contribution in [2.75, 3.05) is 19.5 Å². The molecule has 28 heavy (non-hydrogen) atoms. The zero-order chi connectivity index (χ0) is 20.9. The smallest absolute Gasteiger partial charge is 0.316 e. The van der Waals surface area contributed by atoms with Crippen LogP contribution in [0.3, 0.4) is 0 Å². The molecule has 0 bridgehead atoms. The molecule has 0 aliphatic heterocycles. The van der Waals surface area contributed by atoms with Gasteiger partial charge in [0.05, 0.1) is 12.1 Å². The van der Waals surface area contributed by atoms with E-state index < -0.39 is 22.0 Å². The van der Waals surface area contributed by atoms with Gasteiger partial charge in [-0.3, -0.25) is 9.63 Å². The van der Waals surface area contributed by atoms with E-state index in [1.165, 1.54) is 32.4 Å². The van der Waals surface area contributed by atoms with Gasteiger partial charge in [-0.05, 0) is 35.9 Å². The van der Waals surface area contributed by atoms with Gasteiger partial charge in [0.1, 0.15) is 4.90 Å². The lowest BCUT2D eigenvalue weighted by atomic mass is 10.2. The van der Waals surface area contributed by atoms with E-state index in [2.05, 4.69) is 10.6 Å². The number of hydroxylamine groups is 1. The second kappa shape index (κ2) is 9.02. The molecule has 0 aliphatic rings. The number of carbonyl (C=O) groups is 2. The molecule has 2 rings (SSSR count). The van der Waals surface area contributed by atoms with E-state index in [9.17, 15) is 18.0 Å². The van der Waals surface area contributed by atoms with E-state index >= 15 is 0 Å². The summed E-state index contributed by atoms with van der Waals surface area (Å²) in [5.41, 5.74) is 6.45. The fourth-order valence-corrected chi connectivity index (χ4v) is 3.69. The molecule has 2 aromatic rings. The van der Waals surface area contributed by atoms with Gasteiger partial charge in [0.15, 0.2) is 0 Å². The molecule has 0 saturated heterocycles. The van der Waals surface area contributed by atoms with Gasteiger partial charge in [-0.1, -0.05) is 28.2 Å². The number of sulfonamides is 1. The number of urea groups is 1. The summed E-state index contributed by atoms with van der Waals surface area (Å²) < 4.78 is 25.4. The SMILES string of the molecule is CON(C)S(=O)(=O)c1cc(C(=O)NCc2ccc(NC(N)=O)cc2)ccc1Cl. The van der Waals surface area contributed by atoms with Crippen molar-refractivity contribution in [2.45, 2.75) is 11.4 Å². The van der Waals surface area contributed by atoms with Crippen LogP contribution in [0.4, 0.5) is 10.5 Å². The zero-order valence-corrected chi connectivity index (χ0v) is 16.7. The number of hydrogen-bond acceptors (Lipinski definition) is 5. The van der Waals surface area contributed by atoms with E-state index in [1.54, 1.807) is 24.3 Å². The van der Waals surface area contributed by atoms with Gasteiger partial charge in [-0.2, -0.15) is 0 Å². The lowest BCUT2D eigenvalue weighted by molar-refractivity contribution is -0.0258. The Morgan fingerprint density at radius 1 is 1.18 bits per heavy atom. The minimum Gasteiger partial charge on any atom is -0.351 e. The molecule has 0 spiro atoms. The lowest BCUT2D eigenvalue weighted by Gasteiger charge is -2.16. The average molecular weight is 427 g/mol. The summed E-state index contributed by atoms with van der Waals surface area (Å²) >= 11 is 5.98. The van der Waals surface area contributed by atoms with Crippen molar-refractivity contribution in [1.29, 1.82) is 0 Å². The molecule has 150 valence electrons. The first-order chi connectivity index (χ1) is 13.1. The Morgan fingerprint density at radius 3 is 2.39 bits per heavy atom. The Bertz CT molecular complexity index is 980. The van der Waals surface area contributed by atoms with E-state index in [1.807, 2.05) is 0 Å². The zero-order valence-electron chi connectivity index (χ0n) is 15.1. The van der Waals surface area contributed by atoms with Crippen molar-refractivity contribution in [3.63, 3.8) is 0 Å². The van der Waals surface area contributed by atoms with Crippen molar-refractivity contribution in [1.82, 2.24) is 9.79 Å². The van der Waals surface area contributed by atoms with Crippen LogP contribution < -0.4 is 16.4 Å². The highest BCUT2D eigenvalue weighted by Gasteiger charge is 2.25. The molecule has 0 radical (unpaired) electrons. The van der Waals surface area contributed by atoms with Crippen LogP contribution in [0.1, 0.15) is 15.9 Å². The summed E-state index contributed by atoms with van der Waals surface area (Å²) in [4.78, 5) is 27.7. The van der Waals surface area contributed by atoms with E-state index in [0.717, 1.165) is 5.56 Å². The number of primary amides is 1. The summed E-state index contributed by atoms with van der Waals surface area (Å²) in [5, 5.41) is 5.08. The predicted octanol–water partition coefficient (Wildman–Crippen LogP) is 1.94. The average Bonchev–Trinajstić information content (AvgIpc) is 2.66. The van der Waals surface area contributed by atoms with E-state index in [0.29, 0.717) is 10.2 Å². The molecule has 0 heterocycles. The van der Waals surface area contributed by atoms with Crippen LogP contribution in [-0.2, 0) is 21.4 Å². The minimum atomic E-state index is -4.00. The molecule has 11 heteroatoms. The van der Waals surface area contributed by atoms with Crippen LogP contribution in [0.5, 0.6) is 0 Å². The molecular weight excluding hydrogens is 408 g/mol. The number of nitrogens with one attached hydrogen (secondary N) is 2. The molecule has 2 aromatic carbocycles. The van der Waals surface area contributed by atoms with Gasteiger partial charge in [0.25, 0.3) is 15.9 Å². The van der Waals surface area contributed by atoms with Gasteiger partial charge < -0.3 is 16.4 Å². The number of nitrogens with zero attached hydrogens (tertiary/aromatic N) is 1. The number of amides is 3. The highest BCUT2D eigenvalue weighted by Crippen LogP contribution is 2.25. The number of carbonyl (C=O) groups excluding carboxylic acids is 2. The molecule has 0 aromatic heterocycles. The van der Waals surface area contributed by atoms with Crippen LogP contribution in [0.15, 0.2) is 47.4 Å². The first-order valence-electron chi connectivity index (χ1n) is 7.91. The van der Waals surface area contributed by atoms with Gasteiger partial charge in [-0.15, -0.1) is 0 Å². The Kier molecular flexibility index (Phi) is 6.97. The van der Waals surface area contributed by atoms with Gasteiger partial charge in [-0.25, -0.2) is 13.2 Å². The third-order valence-electron chi connectivity index (χ3n) is 3.74. The Balaban J connectivity index is 2.13. The Hall–Kier alpha value is -2.66. The topological polar surface area (TPSA) is 131 Å². The van der Waals surface area contributed by atoms with Crippen LogP contribution in [0.25, 0.3) is 0 Å². The van der Waals surface area contributed by atoms with Crippen LogP contribution in [0, 0.1) is 0 Å². The molecule has 0 unspecified atom stereocenters. The van der Waals surface area contributed by atoms with Crippen molar-refractivity contribution in [3.05, 3.63) is 58.6 Å². The largest absolute Gasteiger partial charge is 0.351 e. The second-order valence-electron chi connectivity index (χ2n) is 5.61. The maximum Gasteiger partial charge on any atom is 0.316 e. The normalized spacial score (nSPS) is 11.3. The predicted molar refractivity (Wildman–Crippen MR) is 104 cm³/mol. The molecule has 0 fully saturated rings. The van der Waals surface area contributed by atoms with Crippen LogP contribution in [0.2, 0.25) is 5.02 Å². The first-order valence-corrected chi connectivity index (χ1v) is 9.73. The number of rotatable bonds is 7. The van der Waals surface area contributed by atoms with E-state index in [-0.39, 0.29) is 22.0 Å². The molecule has 0 saturated carbocycles. The number of nitrogens with two attached hydrogens (primary N) is 1. The summed E-state index contributed by atoms with van der Waals surface area (Å²) in [7, 11) is -1.59. The van der Waals surface area contributed by atoms with Gasteiger partial charge >= 0.3 is 6.03 Å². The second-order valence-corrected chi connectivity index (χ2v) is 7.92. The van der Waals surface area contributed by atoms with Gasteiger partial charge in [0.2, 0.25) is 0 Å². The summed E-state index contributed by atoms with van der Waals surface area (Å²) in [6.45, 7) is 0.193. The molecule has 4 N–H and O–H groups in total. The van der Waals surface area contributed by atoms with Gasteiger partial charge in [0, 0.05) is 24.8 Å². The third-order valence-corrected chi connectivity index (χ3v) is 5.90. The maximum atomic E-state index is 12.4. The summed E-state index contributed by atoms with van der Waals surface area (Å²) in [5.74, 6) is -0.479. The summed E-state index contributed by atoms with van der Waals surface area (Å²) in [6, 6.07) is 9.95. The standard InChI is InChI=1S/C17H19ClN4O5S/c1-22(27-2)28(25,26)15-9-12(5-8-14(15)18)16(23)20-10-11-3-6-13(7-4-11)21-17(19)24/h3-9H,10H2,1-2H3,(H,20,23)(H3,19,21,24). The highest BCUT2D eigenvalue weighted by molar-refractivity contribution is 7.89. The van der Waals surface area contributed by atoms with Crippen molar-refractivity contribution < 1.29 is 22.8 Å². The third kappa shape index (κ3) is 5.20. The molecule has 9 nitrogen and oxygen atoms in total. The monoisotopic (exact) mass is 426 g/mol. The Morgan fingerprint density at radius 2 is 1.82 bits per heavy atom. The fourth-order valence-electron chi connectivity index (χ4n) is 2.21. The number of benzene rings is 2. The minimum absolute atomic E-state index is 0.0296.